The van der Waals surface area contributed by atoms with Gasteiger partial charge in [-0.2, -0.15) is 0 Å². The summed E-state index contributed by atoms with van der Waals surface area (Å²) >= 11 is 0. The van der Waals surface area contributed by atoms with Crippen LogP contribution < -0.4 is 9.05 Å². The van der Waals surface area contributed by atoms with E-state index in [0.29, 0.717) is 17.4 Å². The molecule has 0 N–H and O–H groups in total. The van der Waals surface area contributed by atoms with Gasteiger partial charge >= 0.3 is 8.69 Å². The highest BCUT2D eigenvalue weighted by atomic mass is 31.2. The molecule has 6 aromatic rings. The summed E-state index contributed by atoms with van der Waals surface area (Å²) in [6, 6.07) is 52.2. The molecule has 0 bridgehead atoms. The molecule has 0 radical (unpaired) electrons. The van der Waals surface area contributed by atoms with Crippen LogP contribution in [-0.2, 0) is 21.7 Å². The van der Waals surface area contributed by atoms with Crippen LogP contribution in [0.25, 0.3) is 0 Å². The zero-order chi connectivity index (χ0) is 41.6. The van der Waals surface area contributed by atoms with E-state index in [9.17, 15) is 0 Å². The van der Waals surface area contributed by atoms with Crippen LogP contribution in [0.3, 0.4) is 0 Å². The maximum atomic E-state index is 17.3. The Morgan fingerprint density at radius 1 is 0.424 bits per heavy atom. The fraction of sp³-hybridized carbons (Fsp3) is 0.345. The van der Waals surface area contributed by atoms with Crippen LogP contribution in [0.4, 0.5) is 4.20 Å². The van der Waals surface area contributed by atoms with Gasteiger partial charge in [0.2, 0.25) is 0 Å². The number of benzene rings is 6. The lowest BCUT2D eigenvalue weighted by atomic mass is 9.66. The van der Waals surface area contributed by atoms with Gasteiger partial charge in [0.05, 0.1) is 0 Å². The molecule has 59 heavy (non-hydrogen) atoms. The zero-order valence-corrected chi connectivity index (χ0v) is 37.1. The molecule has 0 aromatic heterocycles. The third-order valence-corrected chi connectivity index (χ3v) is 14.8. The number of hydrogen-bond donors (Lipinski definition) is 0. The van der Waals surface area contributed by atoms with Gasteiger partial charge in [-0.05, 0) is 52.1 Å². The predicted molar refractivity (Wildman–Crippen MR) is 245 cm³/mol. The van der Waals surface area contributed by atoms with E-state index in [1.807, 2.05) is 0 Å². The van der Waals surface area contributed by atoms with E-state index in [2.05, 4.69) is 201 Å². The van der Waals surface area contributed by atoms with Crippen molar-refractivity contribution in [1.82, 2.24) is 0 Å². The summed E-state index contributed by atoms with van der Waals surface area (Å²) in [4.78, 5) is 0. The molecule has 8 rings (SSSR count). The first-order valence-corrected chi connectivity index (χ1v) is 22.7. The van der Waals surface area contributed by atoms with Gasteiger partial charge in [-0.25, -0.2) is 0 Å². The maximum Gasteiger partial charge on any atom is 0.505 e. The predicted octanol–water partition coefficient (Wildman–Crippen LogP) is 15.7. The quantitative estimate of drug-likeness (QED) is 0.136. The highest BCUT2D eigenvalue weighted by Crippen LogP contribution is 2.60. The normalized spacial score (nSPS) is 17.8. The van der Waals surface area contributed by atoms with Gasteiger partial charge in [0.1, 0.15) is 11.5 Å². The monoisotopic (exact) mass is 802 g/mol. The second-order valence-corrected chi connectivity index (χ2v) is 19.9. The zero-order valence-electron chi connectivity index (χ0n) is 36.2. The van der Waals surface area contributed by atoms with Crippen molar-refractivity contribution in [1.29, 1.82) is 0 Å². The van der Waals surface area contributed by atoms with Gasteiger partial charge in [-0.1, -0.05) is 220 Å². The summed E-state index contributed by atoms with van der Waals surface area (Å²) in [5.41, 5.74) is 9.57. The molecule has 0 spiro atoms. The minimum Gasteiger partial charge on any atom is -0.414 e. The average Bonchev–Trinajstić information content (AvgIpc) is 3.25. The summed E-state index contributed by atoms with van der Waals surface area (Å²) in [6.45, 7) is 18.3. The third kappa shape index (κ3) is 7.66. The molecule has 0 unspecified atom stereocenters. The van der Waals surface area contributed by atoms with E-state index in [1.165, 1.54) is 41.5 Å². The number of hydrogen-bond acceptors (Lipinski definition) is 2. The Morgan fingerprint density at radius 3 is 1.08 bits per heavy atom. The Balaban J connectivity index is 1.49. The van der Waals surface area contributed by atoms with Crippen molar-refractivity contribution in [3.63, 3.8) is 0 Å². The second-order valence-electron chi connectivity index (χ2n) is 19.1. The van der Waals surface area contributed by atoms with Crippen molar-refractivity contribution in [2.75, 3.05) is 0 Å². The lowest BCUT2D eigenvalue weighted by molar-refractivity contribution is 0.313. The second kappa shape index (κ2) is 16.0. The van der Waals surface area contributed by atoms with Gasteiger partial charge in [-0.15, -0.1) is 4.20 Å². The topological polar surface area (TPSA) is 18.5 Å². The van der Waals surface area contributed by atoms with E-state index in [-0.39, 0.29) is 16.7 Å². The Morgan fingerprint density at radius 2 is 0.746 bits per heavy atom. The van der Waals surface area contributed by atoms with E-state index in [0.717, 1.165) is 46.2 Å². The minimum absolute atomic E-state index is 0.0994. The van der Waals surface area contributed by atoms with Crippen LogP contribution in [0.2, 0.25) is 0 Å². The minimum atomic E-state index is -2.87. The Bertz CT molecular complexity index is 2220. The summed E-state index contributed by atoms with van der Waals surface area (Å²) in [5.74, 6) is 1.48. The summed E-state index contributed by atoms with van der Waals surface area (Å²) < 4.78 is 30.8. The van der Waals surface area contributed by atoms with E-state index >= 15 is 4.20 Å². The van der Waals surface area contributed by atoms with E-state index in [4.69, 9.17) is 9.05 Å². The molecule has 1 fully saturated rings. The van der Waals surface area contributed by atoms with Gasteiger partial charge in [0.15, 0.2) is 0 Å². The molecule has 304 valence electrons. The van der Waals surface area contributed by atoms with Crippen LogP contribution >= 0.6 is 8.69 Å². The number of fused-ring (bicyclic) bond motifs is 2. The Hall–Kier alpha value is -4.72. The lowest BCUT2D eigenvalue weighted by Gasteiger charge is -2.41. The van der Waals surface area contributed by atoms with Crippen LogP contribution in [0, 0.1) is 5.92 Å². The van der Waals surface area contributed by atoms with Gasteiger partial charge in [-0.3, -0.25) is 0 Å². The highest BCUT2D eigenvalue weighted by molar-refractivity contribution is 7.42. The molecule has 1 aliphatic heterocycles. The summed E-state index contributed by atoms with van der Waals surface area (Å²) in [7, 11) is -2.87. The summed E-state index contributed by atoms with van der Waals surface area (Å²) in [5, 5.41) is 0. The first kappa shape index (κ1) is 41.0. The Kier molecular flexibility index (Phi) is 11.2. The third-order valence-electron chi connectivity index (χ3n) is 14.1. The Labute approximate surface area is 354 Å². The smallest absolute Gasteiger partial charge is 0.414 e. The molecule has 2 nitrogen and oxygen atoms in total. The van der Waals surface area contributed by atoms with Crippen molar-refractivity contribution in [3.8, 4) is 11.5 Å². The molecule has 0 amide bonds. The van der Waals surface area contributed by atoms with Gasteiger partial charge < -0.3 is 9.05 Å². The van der Waals surface area contributed by atoms with Crippen molar-refractivity contribution in [3.05, 3.63) is 201 Å². The molecule has 6 aromatic carbocycles. The first-order chi connectivity index (χ1) is 28.2. The molecule has 0 atom stereocenters. The van der Waals surface area contributed by atoms with Crippen LogP contribution in [0.1, 0.15) is 149 Å². The van der Waals surface area contributed by atoms with E-state index in [1.54, 1.807) is 0 Å². The SMILES string of the molecule is CC(C)(c1ccccc1)c1cc2c(c(C(C)(C)c3ccccc3)c1)OP(F)Oc1c(cc(C(C)(C)c3ccccc3)cc1C(C)(C)c1ccccc1)C2C1CCCCC1. The van der Waals surface area contributed by atoms with Crippen LogP contribution in [0.5, 0.6) is 11.5 Å². The lowest BCUT2D eigenvalue weighted by Crippen LogP contribution is -2.29. The van der Waals surface area contributed by atoms with Crippen molar-refractivity contribution < 1.29 is 13.2 Å². The molecule has 1 saturated carbocycles. The fourth-order valence-electron chi connectivity index (χ4n) is 9.99. The molecule has 1 heterocycles. The van der Waals surface area contributed by atoms with Crippen molar-refractivity contribution in [2.24, 2.45) is 5.92 Å². The molecule has 0 saturated heterocycles. The largest absolute Gasteiger partial charge is 0.505 e. The molecule has 1 aliphatic carbocycles. The number of rotatable bonds is 9. The van der Waals surface area contributed by atoms with Crippen LogP contribution in [0.15, 0.2) is 146 Å². The summed E-state index contributed by atoms with van der Waals surface area (Å²) in [6.07, 6.45) is 5.73. The maximum absolute atomic E-state index is 17.3. The van der Waals surface area contributed by atoms with Crippen molar-refractivity contribution >= 4 is 8.69 Å². The first-order valence-electron chi connectivity index (χ1n) is 21.6. The van der Waals surface area contributed by atoms with Crippen molar-refractivity contribution in [2.45, 2.75) is 115 Å². The molecular formula is C55H60FO2P. The molecule has 4 heteroatoms. The number of halogens is 1. The molecule has 2 aliphatic rings. The van der Waals surface area contributed by atoms with Crippen LogP contribution in [-0.4, -0.2) is 0 Å². The average molecular weight is 803 g/mol. The highest BCUT2D eigenvalue weighted by Gasteiger charge is 2.43. The van der Waals surface area contributed by atoms with E-state index < -0.39 is 19.5 Å². The fourth-order valence-corrected chi connectivity index (χ4v) is 10.7. The standard InChI is InChI=1S/C55H60FO2P/c1-52(2,39-26-16-10-17-27-39)43-34-45-49(38-24-14-9-15-25-38)46-35-44(53(3,4)40-28-18-11-19-29-40)37-48(55(7,8)42-32-22-13-23-33-42)51(46)58-59(56)57-50(45)47(36-43)54(5,6)41-30-20-12-21-31-41/h10-13,16-23,26-38,49H,9,14-15,24-25H2,1-8H3. The van der Waals surface area contributed by atoms with Gasteiger partial charge in [0, 0.05) is 49.8 Å². The molecular weight excluding hydrogens is 743 g/mol. The van der Waals surface area contributed by atoms with Gasteiger partial charge in [0.25, 0.3) is 0 Å².